The van der Waals surface area contributed by atoms with Crippen LogP contribution in [0.1, 0.15) is 57.8 Å². The summed E-state index contributed by atoms with van der Waals surface area (Å²) in [6, 6.07) is 0. The van der Waals surface area contributed by atoms with Crippen LogP contribution in [0, 0.1) is 5.92 Å². The summed E-state index contributed by atoms with van der Waals surface area (Å²) < 4.78 is 0. The normalized spacial score (nSPS) is 32.2. The van der Waals surface area contributed by atoms with Gasteiger partial charge < -0.3 is 14.9 Å². The molecule has 2 heterocycles. The van der Waals surface area contributed by atoms with E-state index in [0.29, 0.717) is 25.9 Å². The molecule has 2 aliphatic heterocycles. The average Bonchev–Trinajstić information content (AvgIpc) is 2.91. The Kier molecular flexibility index (Phi) is 4.71. The van der Waals surface area contributed by atoms with Crippen molar-refractivity contribution in [3.63, 3.8) is 0 Å². The van der Waals surface area contributed by atoms with Crippen LogP contribution in [0.15, 0.2) is 0 Å². The minimum Gasteiger partial charge on any atom is -0.389 e. The zero-order chi connectivity index (χ0) is 15.6. The van der Waals surface area contributed by atoms with Gasteiger partial charge in [-0.05, 0) is 32.1 Å². The van der Waals surface area contributed by atoms with Crippen LogP contribution in [0.4, 0.5) is 0 Å². The number of carbonyl (C=O) groups excluding carboxylic acids is 2. The van der Waals surface area contributed by atoms with E-state index in [9.17, 15) is 14.7 Å². The van der Waals surface area contributed by atoms with Crippen molar-refractivity contribution >= 4 is 11.8 Å². The molecule has 22 heavy (non-hydrogen) atoms. The summed E-state index contributed by atoms with van der Waals surface area (Å²) in [6.07, 6.45) is 7.87. The Labute approximate surface area is 132 Å². The van der Waals surface area contributed by atoms with E-state index in [2.05, 4.69) is 0 Å². The molecule has 2 unspecified atom stereocenters. The highest BCUT2D eigenvalue weighted by molar-refractivity contribution is 5.78. The summed E-state index contributed by atoms with van der Waals surface area (Å²) in [6.45, 7) is 2.98. The van der Waals surface area contributed by atoms with Crippen molar-refractivity contribution in [1.82, 2.24) is 9.80 Å². The molecule has 0 bridgehead atoms. The Morgan fingerprint density at radius 1 is 1.23 bits per heavy atom. The molecule has 2 atom stereocenters. The van der Waals surface area contributed by atoms with Crippen LogP contribution in [0.25, 0.3) is 0 Å². The van der Waals surface area contributed by atoms with Gasteiger partial charge in [0, 0.05) is 44.9 Å². The predicted molar refractivity (Wildman–Crippen MR) is 83.2 cm³/mol. The number of nitrogens with zero attached hydrogens (tertiary/aromatic N) is 2. The van der Waals surface area contributed by atoms with Gasteiger partial charge >= 0.3 is 0 Å². The highest BCUT2D eigenvalue weighted by atomic mass is 16.3. The number of amides is 2. The van der Waals surface area contributed by atoms with Gasteiger partial charge in [0.05, 0.1) is 5.60 Å². The summed E-state index contributed by atoms with van der Waals surface area (Å²) in [5, 5.41) is 10.7. The highest BCUT2D eigenvalue weighted by Gasteiger charge is 2.43. The van der Waals surface area contributed by atoms with E-state index in [1.165, 1.54) is 6.42 Å². The van der Waals surface area contributed by atoms with Gasteiger partial charge in [-0.25, -0.2) is 0 Å². The number of hydrogen-bond donors (Lipinski definition) is 1. The molecule has 0 radical (unpaired) electrons. The second-order valence-corrected chi connectivity index (χ2v) is 7.22. The molecule has 124 valence electrons. The molecule has 0 aromatic heterocycles. The SMILES string of the molecule is O=C1CCCN1CCCC(=O)N1CCC2(O)CCCCC2C1. The second kappa shape index (κ2) is 6.57. The number of likely N-dealkylation sites (tertiary alicyclic amines) is 2. The maximum atomic E-state index is 12.4. The number of hydrogen-bond acceptors (Lipinski definition) is 3. The minimum absolute atomic E-state index is 0.194. The fourth-order valence-corrected chi connectivity index (χ4v) is 4.32. The molecule has 1 saturated carbocycles. The van der Waals surface area contributed by atoms with Crippen molar-refractivity contribution < 1.29 is 14.7 Å². The highest BCUT2D eigenvalue weighted by Crippen LogP contribution is 2.39. The van der Waals surface area contributed by atoms with E-state index >= 15 is 0 Å². The van der Waals surface area contributed by atoms with Crippen LogP contribution < -0.4 is 0 Å². The molecule has 0 aromatic rings. The third-order valence-corrected chi connectivity index (χ3v) is 5.77. The Morgan fingerprint density at radius 2 is 2.09 bits per heavy atom. The van der Waals surface area contributed by atoms with E-state index in [0.717, 1.165) is 51.6 Å². The second-order valence-electron chi connectivity index (χ2n) is 7.22. The van der Waals surface area contributed by atoms with Crippen molar-refractivity contribution in [1.29, 1.82) is 0 Å². The molecule has 5 heteroatoms. The third kappa shape index (κ3) is 3.29. The molecule has 0 aromatic carbocycles. The van der Waals surface area contributed by atoms with Gasteiger partial charge in [-0.2, -0.15) is 0 Å². The lowest BCUT2D eigenvalue weighted by Crippen LogP contribution is -2.54. The lowest BCUT2D eigenvalue weighted by molar-refractivity contribution is -0.143. The molecular formula is C17H28N2O3. The van der Waals surface area contributed by atoms with Crippen LogP contribution >= 0.6 is 0 Å². The van der Waals surface area contributed by atoms with Crippen molar-refractivity contribution in [2.45, 2.75) is 63.4 Å². The van der Waals surface area contributed by atoms with Crippen molar-refractivity contribution in [3.05, 3.63) is 0 Å². The largest absolute Gasteiger partial charge is 0.389 e. The molecule has 1 aliphatic carbocycles. The van der Waals surface area contributed by atoms with Crippen molar-refractivity contribution in [3.8, 4) is 0 Å². The number of fused-ring (bicyclic) bond motifs is 1. The van der Waals surface area contributed by atoms with Crippen LogP contribution in [0.2, 0.25) is 0 Å². The first-order valence-electron chi connectivity index (χ1n) is 8.86. The topological polar surface area (TPSA) is 60.9 Å². The lowest BCUT2D eigenvalue weighted by atomic mass is 9.71. The standard InChI is InChI=1S/C17H28N2O3/c20-15-6-3-10-18(15)11-4-7-16(21)19-12-9-17(22)8-2-1-5-14(17)13-19/h14,22H,1-13H2. The zero-order valence-electron chi connectivity index (χ0n) is 13.4. The fraction of sp³-hybridized carbons (Fsp3) is 0.882. The van der Waals surface area contributed by atoms with E-state index < -0.39 is 5.60 Å². The Bertz CT molecular complexity index is 440. The van der Waals surface area contributed by atoms with Gasteiger partial charge in [-0.15, -0.1) is 0 Å². The quantitative estimate of drug-likeness (QED) is 0.857. The van der Waals surface area contributed by atoms with Crippen LogP contribution in [-0.2, 0) is 9.59 Å². The molecule has 2 amide bonds. The first-order valence-corrected chi connectivity index (χ1v) is 8.86. The van der Waals surface area contributed by atoms with Crippen LogP contribution in [0.3, 0.4) is 0 Å². The molecule has 3 aliphatic rings. The number of piperidine rings is 1. The van der Waals surface area contributed by atoms with Gasteiger partial charge in [-0.1, -0.05) is 12.8 Å². The predicted octanol–water partition coefficient (Wildman–Crippen LogP) is 1.54. The van der Waals surface area contributed by atoms with E-state index in [1.807, 2.05) is 9.80 Å². The van der Waals surface area contributed by atoms with Crippen LogP contribution in [0.5, 0.6) is 0 Å². The van der Waals surface area contributed by atoms with Gasteiger partial charge in [0.2, 0.25) is 11.8 Å². The molecule has 0 spiro atoms. The summed E-state index contributed by atoms with van der Waals surface area (Å²) in [5.74, 6) is 0.691. The third-order valence-electron chi connectivity index (χ3n) is 5.77. The average molecular weight is 308 g/mol. The molecule has 5 nitrogen and oxygen atoms in total. The number of rotatable bonds is 4. The lowest BCUT2D eigenvalue weighted by Gasteiger charge is -2.47. The molecule has 2 saturated heterocycles. The molecule has 1 N–H and O–H groups in total. The zero-order valence-corrected chi connectivity index (χ0v) is 13.4. The minimum atomic E-state index is -0.517. The first kappa shape index (κ1) is 15.8. The van der Waals surface area contributed by atoms with Crippen molar-refractivity contribution in [2.75, 3.05) is 26.2 Å². The maximum Gasteiger partial charge on any atom is 0.222 e. The summed E-state index contributed by atoms with van der Waals surface area (Å²) >= 11 is 0. The van der Waals surface area contributed by atoms with Gasteiger partial charge in [-0.3, -0.25) is 9.59 Å². The number of aliphatic hydroxyl groups is 1. The summed E-state index contributed by atoms with van der Waals surface area (Å²) in [5.41, 5.74) is -0.517. The number of carbonyl (C=O) groups is 2. The Hall–Kier alpha value is -1.10. The van der Waals surface area contributed by atoms with Gasteiger partial charge in [0.15, 0.2) is 0 Å². The fourth-order valence-electron chi connectivity index (χ4n) is 4.32. The van der Waals surface area contributed by atoms with E-state index in [4.69, 9.17) is 0 Å². The smallest absolute Gasteiger partial charge is 0.222 e. The van der Waals surface area contributed by atoms with E-state index in [-0.39, 0.29) is 17.7 Å². The molecule has 3 rings (SSSR count). The monoisotopic (exact) mass is 308 g/mol. The van der Waals surface area contributed by atoms with Gasteiger partial charge in [0.1, 0.15) is 0 Å². The van der Waals surface area contributed by atoms with Crippen LogP contribution in [-0.4, -0.2) is 58.5 Å². The summed E-state index contributed by atoms with van der Waals surface area (Å²) in [7, 11) is 0. The first-order chi connectivity index (χ1) is 10.6. The maximum absolute atomic E-state index is 12.4. The summed E-state index contributed by atoms with van der Waals surface area (Å²) in [4.78, 5) is 27.7. The molecule has 3 fully saturated rings. The van der Waals surface area contributed by atoms with E-state index in [1.54, 1.807) is 0 Å². The van der Waals surface area contributed by atoms with Gasteiger partial charge in [0.25, 0.3) is 0 Å². The Balaban J connectivity index is 1.44. The van der Waals surface area contributed by atoms with Crippen molar-refractivity contribution in [2.24, 2.45) is 5.92 Å². The Morgan fingerprint density at radius 3 is 2.86 bits per heavy atom. The molecular weight excluding hydrogens is 280 g/mol.